The molecule has 1 heterocycles. The Labute approximate surface area is 88.0 Å². The predicted octanol–water partition coefficient (Wildman–Crippen LogP) is 3.74. The fraction of sp³-hybridized carbons (Fsp3) is 0.400. The van der Waals surface area contributed by atoms with E-state index in [9.17, 15) is 0 Å². The first-order valence-corrected chi connectivity index (χ1v) is 5.18. The van der Waals surface area contributed by atoms with E-state index in [2.05, 4.69) is 12.2 Å². The van der Waals surface area contributed by atoms with Crippen LogP contribution >= 0.6 is 23.2 Å². The molecule has 1 nitrogen and oxygen atoms in total. The topological polar surface area (TPSA) is 12.0 Å². The highest BCUT2D eigenvalue weighted by Gasteiger charge is 2.21. The van der Waals surface area contributed by atoms with Gasteiger partial charge in [-0.1, -0.05) is 17.7 Å². The normalized spacial score (nSPS) is 20.7. The number of benzene rings is 1. The van der Waals surface area contributed by atoms with Crippen LogP contribution in [0.15, 0.2) is 12.1 Å². The van der Waals surface area contributed by atoms with Crippen LogP contribution in [0.4, 0.5) is 5.69 Å². The Balaban J connectivity index is 2.60. The van der Waals surface area contributed by atoms with Gasteiger partial charge in [0.15, 0.2) is 0 Å². The first-order chi connectivity index (χ1) is 6.20. The summed E-state index contributed by atoms with van der Waals surface area (Å²) in [5, 5.41) is 4.16. The standard InChI is InChI=1S/C10H11Cl2N/c1-6-2-3-7(11)9-8(12)4-5-13-10(6)9/h2-3,8,13H,4-5H2,1H3. The van der Waals surface area contributed by atoms with Gasteiger partial charge in [-0.2, -0.15) is 0 Å². The van der Waals surface area contributed by atoms with E-state index >= 15 is 0 Å². The van der Waals surface area contributed by atoms with Gasteiger partial charge in [-0.05, 0) is 25.0 Å². The molecule has 1 atom stereocenters. The Kier molecular flexibility index (Phi) is 2.39. The second-order valence-electron chi connectivity index (χ2n) is 3.34. The maximum Gasteiger partial charge on any atom is 0.0637 e. The lowest BCUT2D eigenvalue weighted by atomic mass is 9.99. The van der Waals surface area contributed by atoms with Gasteiger partial charge in [0.05, 0.1) is 5.38 Å². The van der Waals surface area contributed by atoms with E-state index in [4.69, 9.17) is 23.2 Å². The Bertz CT molecular complexity index is 336. The Morgan fingerprint density at radius 2 is 2.23 bits per heavy atom. The van der Waals surface area contributed by atoms with E-state index < -0.39 is 0 Å². The summed E-state index contributed by atoms with van der Waals surface area (Å²) < 4.78 is 0. The SMILES string of the molecule is Cc1ccc(Cl)c2c1NCCC2Cl. The zero-order valence-electron chi connectivity index (χ0n) is 7.40. The number of halogens is 2. The van der Waals surface area contributed by atoms with Crippen molar-refractivity contribution >= 4 is 28.9 Å². The summed E-state index contributed by atoms with van der Waals surface area (Å²) in [6.07, 6.45) is 0.942. The molecule has 0 aromatic heterocycles. The van der Waals surface area contributed by atoms with Gasteiger partial charge in [-0.25, -0.2) is 0 Å². The van der Waals surface area contributed by atoms with Crippen LogP contribution in [0.3, 0.4) is 0 Å². The third-order valence-electron chi connectivity index (χ3n) is 2.41. The molecule has 2 rings (SSSR count). The fourth-order valence-electron chi connectivity index (χ4n) is 1.71. The molecule has 0 spiro atoms. The monoisotopic (exact) mass is 215 g/mol. The largest absolute Gasteiger partial charge is 0.384 e. The molecule has 1 aromatic carbocycles. The van der Waals surface area contributed by atoms with E-state index in [0.717, 1.165) is 29.2 Å². The summed E-state index contributed by atoms with van der Waals surface area (Å²) in [7, 11) is 0. The van der Waals surface area contributed by atoms with E-state index in [0.29, 0.717) is 0 Å². The maximum absolute atomic E-state index is 6.20. The van der Waals surface area contributed by atoms with Crippen molar-refractivity contribution in [2.75, 3.05) is 11.9 Å². The van der Waals surface area contributed by atoms with Crippen molar-refractivity contribution in [1.82, 2.24) is 0 Å². The van der Waals surface area contributed by atoms with Crippen molar-refractivity contribution in [3.05, 3.63) is 28.3 Å². The number of anilines is 1. The average molecular weight is 216 g/mol. The number of hydrogen-bond donors (Lipinski definition) is 1. The number of nitrogens with one attached hydrogen (secondary N) is 1. The number of fused-ring (bicyclic) bond motifs is 1. The highest BCUT2D eigenvalue weighted by Crippen LogP contribution is 2.40. The molecular formula is C10H11Cl2N. The molecule has 1 unspecified atom stereocenters. The summed E-state index contributed by atoms with van der Waals surface area (Å²) in [6.45, 7) is 3.00. The molecule has 1 aliphatic rings. The molecule has 0 saturated carbocycles. The van der Waals surface area contributed by atoms with Gasteiger partial charge in [-0.3, -0.25) is 0 Å². The van der Waals surface area contributed by atoms with Crippen LogP contribution in [0.2, 0.25) is 5.02 Å². The predicted molar refractivity (Wildman–Crippen MR) is 57.9 cm³/mol. The lowest BCUT2D eigenvalue weighted by Gasteiger charge is -2.25. The molecule has 0 fully saturated rings. The maximum atomic E-state index is 6.20. The smallest absolute Gasteiger partial charge is 0.0637 e. The van der Waals surface area contributed by atoms with E-state index in [-0.39, 0.29) is 5.38 Å². The lowest BCUT2D eigenvalue weighted by Crippen LogP contribution is -2.15. The van der Waals surface area contributed by atoms with Crippen LogP contribution in [0, 0.1) is 6.92 Å². The molecule has 0 bridgehead atoms. The van der Waals surface area contributed by atoms with Gasteiger partial charge in [0.25, 0.3) is 0 Å². The van der Waals surface area contributed by atoms with Crippen LogP contribution in [-0.2, 0) is 0 Å². The first-order valence-electron chi connectivity index (χ1n) is 4.37. The molecule has 1 aromatic rings. The summed E-state index contributed by atoms with van der Waals surface area (Å²) in [5.41, 5.74) is 3.40. The molecule has 0 radical (unpaired) electrons. The van der Waals surface area contributed by atoms with Crippen molar-refractivity contribution in [2.24, 2.45) is 0 Å². The summed E-state index contributed by atoms with van der Waals surface area (Å²) in [5.74, 6) is 0. The molecule has 13 heavy (non-hydrogen) atoms. The number of aryl methyl sites for hydroxylation is 1. The van der Waals surface area contributed by atoms with Gasteiger partial charge in [0, 0.05) is 22.8 Å². The molecular weight excluding hydrogens is 205 g/mol. The fourth-order valence-corrected chi connectivity index (χ4v) is 2.39. The third-order valence-corrected chi connectivity index (χ3v) is 3.18. The minimum absolute atomic E-state index is 0.0589. The highest BCUT2D eigenvalue weighted by atomic mass is 35.5. The molecule has 0 aliphatic carbocycles. The van der Waals surface area contributed by atoms with Gasteiger partial charge >= 0.3 is 0 Å². The first kappa shape index (κ1) is 9.17. The highest BCUT2D eigenvalue weighted by molar-refractivity contribution is 6.33. The van der Waals surface area contributed by atoms with E-state index in [1.54, 1.807) is 0 Å². The molecule has 70 valence electrons. The van der Waals surface area contributed by atoms with Crippen molar-refractivity contribution in [2.45, 2.75) is 18.7 Å². The van der Waals surface area contributed by atoms with Gasteiger partial charge in [0.1, 0.15) is 0 Å². The van der Waals surface area contributed by atoms with Crippen LogP contribution in [-0.4, -0.2) is 6.54 Å². The van der Waals surface area contributed by atoms with Gasteiger partial charge in [-0.15, -0.1) is 11.6 Å². The van der Waals surface area contributed by atoms with E-state index in [1.165, 1.54) is 5.56 Å². The van der Waals surface area contributed by atoms with Crippen molar-refractivity contribution in [3.8, 4) is 0 Å². The van der Waals surface area contributed by atoms with Gasteiger partial charge < -0.3 is 5.32 Å². The lowest BCUT2D eigenvalue weighted by molar-refractivity contribution is 0.799. The second kappa shape index (κ2) is 3.39. The minimum Gasteiger partial charge on any atom is -0.384 e. The minimum atomic E-state index is 0.0589. The summed E-state index contributed by atoms with van der Waals surface area (Å²) in [6, 6.07) is 3.93. The van der Waals surface area contributed by atoms with Gasteiger partial charge in [0.2, 0.25) is 0 Å². The zero-order valence-corrected chi connectivity index (χ0v) is 8.91. The second-order valence-corrected chi connectivity index (χ2v) is 4.27. The molecule has 1 aliphatic heterocycles. The van der Waals surface area contributed by atoms with Crippen LogP contribution in [0.5, 0.6) is 0 Å². The number of hydrogen-bond acceptors (Lipinski definition) is 1. The Hall–Kier alpha value is -0.400. The summed E-state index contributed by atoms with van der Waals surface area (Å²) in [4.78, 5) is 0. The van der Waals surface area contributed by atoms with E-state index in [1.807, 2.05) is 12.1 Å². The molecule has 0 amide bonds. The van der Waals surface area contributed by atoms with Crippen LogP contribution < -0.4 is 5.32 Å². The van der Waals surface area contributed by atoms with Crippen LogP contribution in [0.25, 0.3) is 0 Å². The number of alkyl halides is 1. The van der Waals surface area contributed by atoms with Crippen LogP contribution in [0.1, 0.15) is 22.9 Å². The third kappa shape index (κ3) is 1.51. The zero-order chi connectivity index (χ0) is 9.42. The molecule has 0 saturated heterocycles. The molecule has 1 N–H and O–H groups in total. The number of rotatable bonds is 0. The Morgan fingerprint density at radius 1 is 1.46 bits per heavy atom. The van der Waals surface area contributed by atoms with Crippen molar-refractivity contribution in [1.29, 1.82) is 0 Å². The Morgan fingerprint density at radius 3 is 2.92 bits per heavy atom. The van der Waals surface area contributed by atoms with Crippen molar-refractivity contribution < 1.29 is 0 Å². The quantitative estimate of drug-likeness (QED) is 0.651. The average Bonchev–Trinajstić information content (AvgIpc) is 2.12. The van der Waals surface area contributed by atoms with Crippen molar-refractivity contribution in [3.63, 3.8) is 0 Å². The molecule has 3 heteroatoms. The summed E-state index contributed by atoms with van der Waals surface area (Å²) >= 11 is 12.3.